The Labute approximate surface area is 215 Å². The highest BCUT2D eigenvalue weighted by Crippen LogP contribution is 2.37. The van der Waals surface area contributed by atoms with Crippen molar-refractivity contribution < 1.29 is 13.5 Å². The number of hydrogen-bond donors (Lipinski definition) is 1. The van der Waals surface area contributed by atoms with Crippen molar-refractivity contribution in [1.82, 2.24) is 14.5 Å². The monoisotopic (exact) mass is 517 g/mol. The smallest absolute Gasteiger partial charge is 0.267 e. The fourth-order valence-corrected chi connectivity index (χ4v) is 4.74. The third-order valence-corrected chi connectivity index (χ3v) is 6.73. The average molecular weight is 518 g/mol. The molecule has 0 saturated heterocycles. The summed E-state index contributed by atoms with van der Waals surface area (Å²) in [6.07, 6.45) is 1.63. The molecule has 0 unspecified atom stereocenters. The molecule has 2 aromatic heterocycles. The molecule has 0 saturated carbocycles. The summed E-state index contributed by atoms with van der Waals surface area (Å²) in [5.41, 5.74) is 8.88. The molecule has 0 spiro atoms. The maximum Gasteiger partial charge on any atom is 0.267 e. The molecule has 0 aliphatic rings. The highest BCUT2D eigenvalue weighted by Gasteiger charge is 2.17. The Morgan fingerprint density at radius 1 is 1.00 bits per heavy atom. The summed E-state index contributed by atoms with van der Waals surface area (Å²) < 4.78 is 36.0. The summed E-state index contributed by atoms with van der Waals surface area (Å²) in [5.74, 6) is -0.903. The van der Waals surface area contributed by atoms with Gasteiger partial charge in [-0.25, -0.2) is 23.3 Å². The van der Waals surface area contributed by atoms with Gasteiger partial charge in [-0.05, 0) is 60.0 Å². The van der Waals surface area contributed by atoms with Crippen LogP contribution < -0.4 is 20.3 Å². The first-order chi connectivity index (χ1) is 17.9. The van der Waals surface area contributed by atoms with Gasteiger partial charge in [-0.2, -0.15) is 0 Å². The van der Waals surface area contributed by atoms with Crippen LogP contribution in [0.2, 0.25) is 0 Å². The van der Waals surface area contributed by atoms with Crippen molar-refractivity contribution in [2.45, 2.75) is 4.90 Å². The van der Waals surface area contributed by atoms with Crippen LogP contribution in [0.1, 0.15) is 0 Å². The first-order valence-corrected chi connectivity index (χ1v) is 11.9. The maximum atomic E-state index is 14.2. The van der Waals surface area contributed by atoms with E-state index >= 15 is 0 Å². The van der Waals surface area contributed by atoms with Crippen molar-refractivity contribution in [3.63, 3.8) is 0 Å². The normalized spacial score (nSPS) is 11.0. The van der Waals surface area contributed by atoms with Crippen molar-refractivity contribution in [3.05, 3.63) is 101 Å². The molecule has 0 atom stereocenters. The van der Waals surface area contributed by atoms with Gasteiger partial charge < -0.3 is 14.8 Å². The third-order valence-electron chi connectivity index (χ3n) is 5.74. The van der Waals surface area contributed by atoms with Crippen LogP contribution in [0, 0.1) is 11.6 Å². The van der Waals surface area contributed by atoms with Crippen LogP contribution in [-0.2, 0) is 0 Å². The fourth-order valence-electron chi connectivity index (χ4n) is 3.94. The summed E-state index contributed by atoms with van der Waals surface area (Å²) in [5, 5.41) is 0.393. The molecule has 0 radical (unpaired) electrons. The molecule has 2 N–H and O–H groups in total. The van der Waals surface area contributed by atoms with E-state index < -0.39 is 11.6 Å². The zero-order valence-electron chi connectivity index (χ0n) is 19.9. The van der Waals surface area contributed by atoms with E-state index in [0.717, 1.165) is 23.6 Å². The van der Waals surface area contributed by atoms with Crippen LogP contribution in [0.4, 0.5) is 20.4 Å². The molecular weight excluding hydrogens is 496 g/mol. The number of nitrogens with zero attached hydrogens (tertiary/aromatic N) is 4. The standard InChI is InChI=1S/C27H21F2N5O2S/c1-33(37-24-11-9-18(28)14-21(24)29)23-13-17(15-31-25(23)36-2)16-8-10-22-20(12-16)26(35)34(27(30)32-22)19-6-4-3-5-7-19/h3-15H,1-2H3,(H2,30,32). The number of hydrogen-bond acceptors (Lipinski definition) is 7. The highest BCUT2D eigenvalue weighted by atomic mass is 32.2. The number of halogens is 2. The molecule has 0 aliphatic carbocycles. The highest BCUT2D eigenvalue weighted by molar-refractivity contribution is 8.00. The molecule has 5 aromatic rings. The first kappa shape index (κ1) is 24.3. The second kappa shape index (κ2) is 9.90. The number of aromatic nitrogens is 3. The molecule has 5 rings (SSSR count). The van der Waals surface area contributed by atoms with Gasteiger partial charge in [0.25, 0.3) is 5.56 Å². The SMILES string of the molecule is COc1ncc(-c2ccc3nc(N)n(-c4ccccc4)c(=O)c3c2)cc1N(C)Sc1ccc(F)cc1F. The number of nitrogen functional groups attached to an aromatic ring is 1. The molecule has 37 heavy (non-hydrogen) atoms. The van der Waals surface area contributed by atoms with Gasteiger partial charge in [0.2, 0.25) is 11.8 Å². The third kappa shape index (κ3) is 4.70. The molecule has 0 fully saturated rings. The number of methoxy groups -OCH3 is 1. The minimum Gasteiger partial charge on any atom is -0.479 e. The lowest BCUT2D eigenvalue weighted by atomic mass is 10.0. The molecule has 0 amide bonds. The van der Waals surface area contributed by atoms with Crippen LogP contribution in [0.15, 0.2) is 88.7 Å². The van der Waals surface area contributed by atoms with Gasteiger partial charge >= 0.3 is 0 Å². The number of benzene rings is 3. The Kier molecular flexibility index (Phi) is 6.49. The lowest BCUT2D eigenvalue weighted by molar-refractivity contribution is 0.399. The summed E-state index contributed by atoms with van der Waals surface area (Å²) >= 11 is 1.07. The van der Waals surface area contributed by atoms with Gasteiger partial charge in [0.1, 0.15) is 17.3 Å². The lowest BCUT2D eigenvalue weighted by Crippen LogP contribution is -2.23. The van der Waals surface area contributed by atoms with E-state index in [1.807, 2.05) is 30.3 Å². The number of para-hydroxylation sites is 1. The summed E-state index contributed by atoms with van der Waals surface area (Å²) in [6, 6.07) is 19.6. The van der Waals surface area contributed by atoms with E-state index in [1.54, 1.807) is 41.8 Å². The number of nitrogens with two attached hydrogens (primary N) is 1. The van der Waals surface area contributed by atoms with E-state index in [-0.39, 0.29) is 16.4 Å². The average Bonchev–Trinajstić information content (AvgIpc) is 2.90. The van der Waals surface area contributed by atoms with Crippen LogP contribution >= 0.6 is 11.9 Å². The van der Waals surface area contributed by atoms with Crippen LogP contribution in [0.3, 0.4) is 0 Å². The van der Waals surface area contributed by atoms with E-state index in [4.69, 9.17) is 10.5 Å². The van der Waals surface area contributed by atoms with E-state index in [0.29, 0.717) is 33.7 Å². The Morgan fingerprint density at radius 3 is 2.51 bits per heavy atom. The van der Waals surface area contributed by atoms with Crippen LogP contribution in [0.25, 0.3) is 27.7 Å². The van der Waals surface area contributed by atoms with E-state index in [1.165, 1.54) is 23.8 Å². The van der Waals surface area contributed by atoms with Gasteiger partial charge in [0.15, 0.2) is 0 Å². The Hall–Kier alpha value is -4.44. The van der Waals surface area contributed by atoms with Gasteiger partial charge in [-0.1, -0.05) is 24.3 Å². The van der Waals surface area contributed by atoms with Gasteiger partial charge in [-0.15, -0.1) is 0 Å². The van der Waals surface area contributed by atoms with Crippen molar-refractivity contribution >= 4 is 34.5 Å². The van der Waals surface area contributed by atoms with Crippen LogP contribution in [-0.4, -0.2) is 28.7 Å². The van der Waals surface area contributed by atoms with Crippen molar-refractivity contribution in [2.24, 2.45) is 0 Å². The molecule has 186 valence electrons. The molecule has 7 nitrogen and oxygen atoms in total. The minimum absolute atomic E-state index is 0.0940. The first-order valence-electron chi connectivity index (χ1n) is 11.1. The minimum atomic E-state index is -0.670. The quantitative estimate of drug-likeness (QED) is 0.299. The second-order valence-electron chi connectivity index (χ2n) is 8.09. The Bertz CT molecular complexity index is 1680. The number of fused-ring (bicyclic) bond motifs is 1. The Morgan fingerprint density at radius 2 is 1.78 bits per heavy atom. The largest absolute Gasteiger partial charge is 0.479 e. The predicted octanol–water partition coefficient (Wildman–Crippen LogP) is 5.46. The van der Waals surface area contributed by atoms with Crippen LogP contribution in [0.5, 0.6) is 5.88 Å². The van der Waals surface area contributed by atoms with E-state index in [2.05, 4.69) is 9.97 Å². The van der Waals surface area contributed by atoms with Crippen molar-refractivity contribution in [1.29, 1.82) is 0 Å². The summed E-state index contributed by atoms with van der Waals surface area (Å²) in [4.78, 5) is 22.5. The number of pyridine rings is 1. The number of ether oxygens (including phenoxy) is 1. The fraction of sp³-hybridized carbons (Fsp3) is 0.0741. The number of anilines is 2. The predicted molar refractivity (Wildman–Crippen MR) is 142 cm³/mol. The number of rotatable bonds is 6. The summed E-state index contributed by atoms with van der Waals surface area (Å²) in [6.45, 7) is 0. The molecule has 3 aromatic carbocycles. The molecule has 0 aliphatic heterocycles. The molecular formula is C27H21F2N5O2S. The van der Waals surface area contributed by atoms with Gasteiger partial charge in [0.05, 0.1) is 28.6 Å². The van der Waals surface area contributed by atoms with E-state index in [9.17, 15) is 13.6 Å². The molecule has 2 heterocycles. The van der Waals surface area contributed by atoms with Gasteiger partial charge in [-0.3, -0.25) is 4.79 Å². The molecule has 0 bridgehead atoms. The van der Waals surface area contributed by atoms with Crippen molar-refractivity contribution in [2.75, 3.05) is 24.2 Å². The topological polar surface area (TPSA) is 86.3 Å². The lowest BCUT2D eigenvalue weighted by Gasteiger charge is -2.21. The zero-order valence-corrected chi connectivity index (χ0v) is 20.7. The zero-order chi connectivity index (χ0) is 26.1. The van der Waals surface area contributed by atoms with Crippen molar-refractivity contribution in [3.8, 4) is 22.7 Å². The van der Waals surface area contributed by atoms with Gasteiger partial charge in [0, 0.05) is 24.9 Å². The second-order valence-corrected chi connectivity index (χ2v) is 9.26. The molecule has 10 heteroatoms. The summed E-state index contributed by atoms with van der Waals surface area (Å²) in [7, 11) is 3.21. The maximum absolute atomic E-state index is 14.2. The Balaban J connectivity index is 1.57.